The summed E-state index contributed by atoms with van der Waals surface area (Å²) in [5, 5.41) is 0. The van der Waals surface area contributed by atoms with Crippen LogP contribution < -0.4 is 16.2 Å². The molecule has 0 aromatic carbocycles. The van der Waals surface area contributed by atoms with Crippen LogP contribution in [0.15, 0.2) is 25.3 Å². The van der Waals surface area contributed by atoms with Crippen molar-refractivity contribution in [2.45, 2.75) is 49.2 Å². The van der Waals surface area contributed by atoms with Gasteiger partial charge in [0.1, 0.15) is 42.0 Å². The number of anilines is 2. The van der Waals surface area contributed by atoms with Gasteiger partial charge in [0.2, 0.25) is 0 Å². The fourth-order valence-electron chi connectivity index (χ4n) is 5.22. The summed E-state index contributed by atoms with van der Waals surface area (Å²) in [5.74, 6) is 0.00251. The molecule has 0 bridgehead atoms. The van der Waals surface area contributed by atoms with Gasteiger partial charge in [-0.05, 0) is 0 Å². The van der Waals surface area contributed by atoms with Crippen LogP contribution in [-0.2, 0) is 37.6 Å². The third-order valence-corrected chi connectivity index (χ3v) is 9.24. The second-order valence-corrected chi connectivity index (χ2v) is 12.7. The number of ether oxygens (including phenoxy) is 2. The topological polar surface area (TPSA) is 269 Å². The predicted molar refractivity (Wildman–Crippen MR) is 140 cm³/mol. The maximum absolute atomic E-state index is 15.9. The Morgan fingerprint density at radius 1 is 0.886 bits per heavy atom. The van der Waals surface area contributed by atoms with E-state index in [1.165, 1.54) is 0 Å². The Labute approximate surface area is 244 Å². The van der Waals surface area contributed by atoms with Crippen LogP contribution in [0, 0.1) is 0 Å². The van der Waals surface area contributed by atoms with Gasteiger partial charge in [-0.1, -0.05) is 0 Å². The van der Waals surface area contributed by atoms with E-state index >= 15 is 8.78 Å². The van der Waals surface area contributed by atoms with Crippen molar-refractivity contribution in [3.8, 4) is 0 Å². The Morgan fingerprint density at radius 2 is 1.45 bits per heavy atom. The molecule has 7 heterocycles. The van der Waals surface area contributed by atoms with Crippen molar-refractivity contribution in [1.29, 1.82) is 0 Å². The number of aromatic nitrogens is 8. The smallest absolute Gasteiger partial charge is 0.382 e. The first-order chi connectivity index (χ1) is 20.9. The molecule has 0 amide bonds. The summed E-state index contributed by atoms with van der Waals surface area (Å²) in [6.07, 6.45) is -7.89. The van der Waals surface area contributed by atoms with E-state index in [0.29, 0.717) is 0 Å². The number of rotatable bonds is 2. The molecule has 44 heavy (non-hydrogen) atoms. The fraction of sp³-hybridized carbons (Fsp3) is 0.500. The number of imidazole rings is 2. The van der Waals surface area contributed by atoms with Crippen molar-refractivity contribution in [2.75, 3.05) is 24.7 Å². The van der Waals surface area contributed by atoms with E-state index in [1.54, 1.807) is 0 Å². The third kappa shape index (κ3) is 4.95. The van der Waals surface area contributed by atoms with Crippen LogP contribution >= 0.6 is 7.82 Å². The summed E-state index contributed by atoms with van der Waals surface area (Å²) in [5.41, 5.74) is 12.0. The SMILES string of the molecule is Nc1ncnc2c1ncn2[C@@H]1O[C@@H]2COP(=O)(O)O[C@H]3[C@@H](F)[C@H](n4cnc5c(N)ncnc54)O[C@@H]3COS(=O)(=O)N[C@H]2[C@H]1F. The third-order valence-electron chi connectivity index (χ3n) is 7.24. The average Bonchev–Trinajstić information content (AvgIpc) is 3.73. The number of halogens is 2. The van der Waals surface area contributed by atoms with Gasteiger partial charge in [-0.15, -0.1) is 0 Å². The first-order valence-electron chi connectivity index (χ1n) is 12.7. The largest absolute Gasteiger partial charge is 0.472 e. The van der Waals surface area contributed by atoms with Gasteiger partial charge in [0.25, 0.3) is 0 Å². The van der Waals surface area contributed by atoms with Crippen molar-refractivity contribution in [3.63, 3.8) is 0 Å². The molecular formula is C20H22F2N11O9PS. The monoisotopic (exact) mass is 661 g/mol. The van der Waals surface area contributed by atoms with Gasteiger partial charge in [0.15, 0.2) is 47.7 Å². The van der Waals surface area contributed by atoms with Crippen molar-refractivity contribution in [3.05, 3.63) is 25.3 Å². The Kier molecular flexibility index (Phi) is 6.98. The second kappa shape index (κ2) is 10.5. The highest BCUT2D eigenvalue weighted by molar-refractivity contribution is 7.84. The molecule has 3 aliphatic rings. The minimum Gasteiger partial charge on any atom is -0.382 e. The Morgan fingerprint density at radius 3 is 2.07 bits per heavy atom. The highest BCUT2D eigenvalue weighted by atomic mass is 32.2. The number of alkyl halides is 2. The molecule has 0 aliphatic carbocycles. The second-order valence-electron chi connectivity index (χ2n) is 9.90. The van der Waals surface area contributed by atoms with E-state index in [-0.39, 0.29) is 34.0 Å². The van der Waals surface area contributed by atoms with E-state index in [0.717, 1.165) is 34.4 Å². The predicted octanol–water partition coefficient (Wildman–Crippen LogP) is -0.963. The highest BCUT2D eigenvalue weighted by Gasteiger charge is 2.54. The highest BCUT2D eigenvalue weighted by Crippen LogP contribution is 2.50. The van der Waals surface area contributed by atoms with E-state index in [9.17, 15) is 17.9 Å². The molecular weight excluding hydrogens is 639 g/mol. The van der Waals surface area contributed by atoms with Gasteiger partial charge < -0.3 is 25.8 Å². The molecule has 20 nitrogen and oxygen atoms in total. The minimum atomic E-state index is -5.11. The van der Waals surface area contributed by atoms with Gasteiger partial charge in [-0.25, -0.2) is 43.2 Å². The molecule has 0 radical (unpaired) electrons. The number of nitrogens with zero attached hydrogens (tertiary/aromatic N) is 8. The standard InChI is InChI=1S/C20H22F2N11O9PS/c21-9-11-7(40-19(9)32-5-29-12-15(23)25-3-27-17(12)32)1-38-43(34,35)42-14-8(2-39-44(36,37)31-11)41-20(10(14)22)33-6-30-13-16(24)26-4-28-18(13)33/h3-11,14,19-20,31H,1-2H2,(H,34,35)(H2,23,25,27)(H2,24,26,28)/t7-,8-,9-,10-,11-,14-,19-,20-/m1/s1. The zero-order valence-electron chi connectivity index (χ0n) is 21.9. The summed E-state index contributed by atoms with van der Waals surface area (Å²) in [4.78, 5) is 34.2. The lowest BCUT2D eigenvalue weighted by atomic mass is 10.1. The van der Waals surface area contributed by atoms with E-state index < -0.39 is 80.5 Å². The summed E-state index contributed by atoms with van der Waals surface area (Å²) in [6, 6.07) is -1.70. The summed E-state index contributed by atoms with van der Waals surface area (Å²) >= 11 is 0. The first-order valence-corrected chi connectivity index (χ1v) is 15.6. The number of phosphoric acid groups is 1. The number of nitrogens with one attached hydrogen (secondary N) is 1. The number of hydrogen-bond donors (Lipinski definition) is 4. The number of hydrogen-bond acceptors (Lipinski definition) is 16. The summed E-state index contributed by atoms with van der Waals surface area (Å²) < 4.78 is 101. The fourth-order valence-corrected chi connectivity index (χ4v) is 7.18. The molecule has 3 saturated heterocycles. The van der Waals surface area contributed by atoms with Crippen LogP contribution in [-0.4, -0.2) is 102 Å². The van der Waals surface area contributed by atoms with E-state index in [1.807, 2.05) is 4.72 Å². The molecule has 24 heteroatoms. The van der Waals surface area contributed by atoms with Gasteiger partial charge in [-0.2, -0.15) is 13.1 Å². The molecule has 4 aromatic rings. The lowest BCUT2D eigenvalue weighted by Gasteiger charge is -2.26. The summed E-state index contributed by atoms with van der Waals surface area (Å²) in [6.45, 7) is -1.79. The average molecular weight is 662 g/mol. The lowest BCUT2D eigenvalue weighted by molar-refractivity contribution is -0.0500. The molecule has 0 saturated carbocycles. The zero-order valence-corrected chi connectivity index (χ0v) is 23.6. The Bertz CT molecular complexity index is 1900. The summed E-state index contributed by atoms with van der Waals surface area (Å²) in [7, 11) is -9.89. The molecule has 6 N–H and O–H groups in total. The Hall–Kier alpha value is -3.54. The zero-order chi connectivity index (χ0) is 31.0. The van der Waals surface area contributed by atoms with Crippen LogP contribution in [0.3, 0.4) is 0 Å². The van der Waals surface area contributed by atoms with Gasteiger partial charge in [0.05, 0.1) is 31.9 Å². The molecule has 3 fully saturated rings. The molecule has 0 spiro atoms. The van der Waals surface area contributed by atoms with Crippen LogP contribution in [0.25, 0.3) is 22.3 Å². The van der Waals surface area contributed by atoms with E-state index in [2.05, 4.69) is 29.9 Å². The van der Waals surface area contributed by atoms with Gasteiger partial charge >= 0.3 is 18.1 Å². The Balaban J connectivity index is 1.17. The first kappa shape index (κ1) is 29.2. The van der Waals surface area contributed by atoms with Gasteiger partial charge in [0, 0.05) is 0 Å². The quantitative estimate of drug-likeness (QED) is 0.188. The molecule has 236 valence electrons. The number of fused-ring (bicyclic) bond motifs is 4. The van der Waals surface area contributed by atoms with Crippen LogP contribution in [0.1, 0.15) is 12.5 Å². The van der Waals surface area contributed by atoms with Crippen LogP contribution in [0.4, 0.5) is 20.4 Å². The number of phosphoric ester groups is 1. The van der Waals surface area contributed by atoms with Gasteiger partial charge in [-0.3, -0.25) is 22.4 Å². The van der Waals surface area contributed by atoms with Crippen molar-refractivity contribution < 1.29 is 49.4 Å². The van der Waals surface area contributed by atoms with Crippen molar-refractivity contribution in [1.82, 2.24) is 43.8 Å². The van der Waals surface area contributed by atoms with Crippen LogP contribution in [0.5, 0.6) is 0 Å². The molecule has 9 atom stereocenters. The maximum atomic E-state index is 15.9. The number of nitrogens with two attached hydrogens (primary N) is 2. The lowest BCUT2D eigenvalue weighted by Crippen LogP contribution is -2.48. The van der Waals surface area contributed by atoms with Crippen molar-refractivity contribution in [2.24, 2.45) is 0 Å². The van der Waals surface area contributed by atoms with Crippen LogP contribution in [0.2, 0.25) is 0 Å². The maximum Gasteiger partial charge on any atom is 0.472 e. The normalized spacial score (nSPS) is 36.1. The van der Waals surface area contributed by atoms with Crippen molar-refractivity contribution >= 4 is 52.1 Å². The molecule has 4 aromatic heterocycles. The van der Waals surface area contributed by atoms with E-state index in [4.69, 9.17) is 34.2 Å². The molecule has 1 unspecified atom stereocenters. The molecule has 3 aliphatic heterocycles. The molecule has 7 rings (SSSR count). The minimum absolute atomic E-state index is 0.00143. The number of nitrogen functional groups attached to an aromatic ring is 2.